The van der Waals surface area contributed by atoms with Gasteiger partial charge in [-0.15, -0.1) is 0 Å². The molecule has 1 fully saturated rings. The molecule has 1 aromatic carbocycles. The van der Waals surface area contributed by atoms with Crippen LogP contribution in [0.2, 0.25) is 5.02 Å². The average Bonchev–Trinajstić information content (AvgIpc) is 2.76. The standard InChI is InChI=1S/C23H28ClN3O3/c1-16(30-21-9-5-3-7-19(21)24)23(29)26-12-10-17(11-13-26)15-27-22(28)14-18-6-2-4-8-20(18)25-27/h3,5,7,9,14,16-17H,2,4,6,8,10-13,15H2,1H3. The van der Waals surface area contributed by atoms with Crippen molar-refractivity contribution in [1.29, 1.82) is 0 Å². The molecule has 0 spiro atoms. The Kier molecular flexibility index (Phi) is 6.42. The summed E-state index contributed by atoms with van der Waals surface area (Å²) in [7, 11) is 0. The van der Waals surface area contributed by atoms with Crippen molar-refractivity contribution in [2.24, 2.45) is 5.92 Å². The Bertz CT molecular complexity index is 966. The minimum Gasteiger partial charge on any atom is -0.479 e. The van der Waals surface area contributed by atoms with E-state index in [4.69, 9.17) is 16.3 Å². The summed E-state index contributed by atoms with van der Waals surface area (Å²) in [6.07, 6.45) is 5.34. The smallest absolute Gasteiger partial charge is 0.267 e. The van der Waals surface area contributed by atoms with Gasteiger partial charge in [-0.3, -0.25) is 9.59 Å². The van der Waals surface area contributed by atoms with E-state index in [0.717, 1.165) is 49.8 Å². The summed E-state index contributed by atoms with van der Waals surface area (Å²) in [6, 6.07) is 8.95. The van der Waals surface area contributed by atoms with Crippen molar-refractivity contribution in [2.45, 2.75) is 58.1 Å². The molecule has 4 rings (SSSR count). The number of hydrogen-bond acceptors (Lipinski definition) is 4. The molecule has 0 N–H and O–H groups in total. The fourth-order valence-electron chi connectivity index (χ4n) is 4.35. The molecule has 2 aliphatic rings. The van der Waals surface area contributed by atoms with Crippen LogP contribution in [0.4, 0.5) is 0 Å². The van der Waals surface area contributed by atoms with Crippen LogP contribution in [0.5, 0.6) is 5.75 Å². The van der Waals surface area contributed by atoms with Crippen molar-refractivity contribution in [3.05, 3.63) is 57.0 Å². The van der Waals surface area contributed by atoms with Gasteiger partial charge in [0, 0.05) is 25.7 Å². The Labute approximate surface area is 181 Å². The quantitative estimate of drug-likeness (QED) is 0.729. The highest BCUT2D eigenvalue weighted by Gasteiger charge is 2.28. The lowest BCUT2D eigenvalue weighted by atomic mass is 9.95. The monoisotopic (exact) mass is 429 g/mol. The van der Waals surface area contributed by atoms with Crippen molar-refractivity contribution >= 4 is 17.5 Å². The molecular weight excluding hydrogens is 402 g/mol. The lowest BCUT2D eigenvalue weighted by Gasteiger charge is -2.33. The first-order chi connectivity index (χ1) is 14.5. The van der Waals surface area contributed by atoms with E-state index in [1.807, 2.05) is 17.0 Å². The first-order valence-corrected chi connectivity index (χ1v) is 11.2. The van der Waals surface area contributed by atoms with Crippen LogP contribution in [0.25, 0.3) is 0 Å². The number of halogens is 1. The average molecular weight is 430 g/mol. The predicted molar refractivity (Wildman–Crippen MR) is 116 cm³/mol. The van der Waals surface area contributed by atoms with Crippen LogP contribution >= 0.6 is 11.6 Å². The molecule has 0 radical (unpaired) electrons. The van der Waals surface area contributed by atoms with Crippen LogP contribution in [-0.2, 0) is 24.2 Å². The number of hydrogen-bond donors (Lipinski definition) is 0. The number of rotatable bonds is 5. The second-order valence-corrected chi connectivity index (χ2v) is 8.71. The van der Waals surface area contributed by atoms with Crippen LogP contribution < -0.4 is 10.3 Å². The topological polar surface area (TPSA) is 64.4 Å². The van der Waals surface area contributed by atoms with Gasteiger partial charge in [-0.25, -0.2) is 4.68 Å². The number of nitrogens with zero attached hydrogens (tertiary/aromatic N) is 3. The van der Waals surface area contributed by atoms with Gasteiger partial charge < -0.3 is 9.64 Å². The van der Waals surface area contributed by atoms with Crippen LogP contribution in [0.15, 0.2) is 35.1 Å². The van der Waals surface area contributed by atoms with Crippen molar-refractivity contribution in [1.82, 2.24) is 14.7 Å². The third kappa shape index (κ3) is 4.69. The number of aryl methyl sites for hydroxylation is 2. The summed E-state index contributed by atoms with van der Waals surface area (Å²) in [5.74, 6) is 0.839. The van der Waals surface area contributed by atoms with Gasteiger partial charge in [-0.1, -0.05) is 23.7 Å². The molecule has 1 atom stereocenters. The van der Waals surface area contributed by atoms with Gasteiger partial charge in [0.15, 0.2) is 6.10 Å². The van der Waals surface area contributed by atoms with E-state index >= 15 is 0 Å². The molecule has 0 saturated carbocycles. The zero-order chi connectivity index (χ0) is 21.1. The van der Waals surface area contributed by atoms with E-state index in [0.29, 0.717) is 36.3 Å². The summed E-state index contributed by atoms with van der Waals surface area (Å²) in [5, 5.41) is 5.13. The van der Waals surface area contributed by atoms with Crippen LogP contribution in [-0.4, -0.2) is 39.8 Å². The van der Waals surface area contributed by atoms with Crippen molar-refractivity contribution in [2.75, 3.05) is 13.1 Å². The lowest BCUT2D eigenvalue weighted by molar-refractivity contribution is -0.139. The fraction of sp³-hybridized carbons (Fsp3) is 0.522. The fourth-order valence-corrected chi connectivity index (χ4v) is 4.53. The Balaban J connectivity index is 1.32. The Hall–Kier alpha value is -2.34. The minimum absolute atomic E-state index is 0.00378. The summed E-state index contributed by atoms with van der Waals surface area (Å²) in [4.78, 5) is 27.1. The number of fused-ring (bicyclic) bond motifs is 1. The SMILES string of the molecule is CC(Oc1ccccc1Cl)C(=O)N1CCC(Cn2nc3c(cc2=O)CCCC3)CC1. The molecular formula is C23H28ClN3O3. The van der Waals surface area contributed by atoms with Gasteiger partial charge in [0.25, 0.3) is 11.5 Å². The maximum atomic E-state index is 12.8. The first-order valence-electron chi connectivity index (χ1n) is 10.8. The Morgan fingerprint density at radius 2 is 1.97 bits per heavy atom. The molecule has 30 heavy (non-hydrogen) atoms. The Morgan fingerprint density at radius 1 is 1.23 bits per heavy atom. The summed E-state index contributed by atoms with van der Waals surface area (Å²) in [5.41, 5.74) is 2.20. The molecule has 1 aliphatic heterocycles. The van der Waals surface area contributed by atoms with Crippen molar-refractivity contribution in [3.63, 3.8) is 0 Å². The summed E-state index contributed by atoms with van der Waals surface area (Å²) >= 11 is 6.13. The van der Waals surface area contributed by atoms with Gasteiger partial charge >= 0.3 is 0 Å². The van der Waals surface area contributed by atoms with E-state index in [1.165, 1.54) is 0 Å². The van der Waals surface area contributed by atoms with Crippen molar-refractivity contribution in [3.8, 4) is 5.75 Å². The number of benzene rings is 1. The molecule has 0 bridgehead atoms. The lowest BCUT2D eigenvalue weighted by Crippen LogP contribution is -2.45. The molecule has 1 amide bonds. The molecule has 7 heteroatoms. The predicted octanol–water partition coefficient (Wildman–Crippen LogP) is 3.48. The first kappa shape index (κ1) is 20.9. The molecule has 1 aromatic heterocycles. The van der Waals surface area contributed by atoms with E-state index in [-0.39, 0.29) is 11.5 Å². The maximum absolute atomic E-state index is 12.8. The van der Waals surface area contributed by atoms with Gasteiger partial charge in [0.1, 0.15) is 5.75 Å². The number of para-hydroxylation sites is 1. The third-order valence-corrected chi connectivity index (χ3v) is 6.43. The van der Waals surface area contributed by atoms with Gasteiger partial charge in [-0.05, 0) is 69.1 Å². The van der Waals surface area contributed by atoms with E-state index in [1.54, 1.807) is 29.8 Å². The minimum atomic E-state index is -0.591. The second-order valence-electron chi connectivity index (χ2n) is 8.30. The van der Waals surface area contributed by atoms with Crippen molar-refractivity contribution < 1.29 is 9.53 Å². The highest BCUT2D eigenvalue weighted by molar-refractivity contribution is 6.32. The van der Waals surface area contributed by atoms with Gasteiger partial charge in [0.2, 0.25) is 0 Å². The Morgan fingerprint density at radius 3 is 2.73 bits per heavy atom. The molecule has 1 aliphatic carbocycles. The second kappa shape index (κ2) is 9.21. The molecule has 160 valence electrons. The van der Waals surface area contributed by atoms with E-state index < -0.39 is 6.10 Å². The highest BCUT2D eigenvalue weighted by atomic mass is 35.5. The van der Waals surface area contributed by atoms with E-state index in [2.05, 4.69) is 5.10 Å². The van der Waals surface area contributed by atoms with Crippen LogP contribution in [0.3, 0.4) is 0 Å². The molecule has 2 aromatic rings. The number of likely N-dealkylation sites (tertiary alicyclic amines) is 1. The highest BCUT2D eigenvalue weighted by Crippen LogP contribution is 2.26. The normalized spacial score (nSPS) is 18.0. The van der Waals surface area contributed by atoms with E-state index in [9.17, 15) is 9.59 Å². The van der Waals surface area contributed by atoms with Gasteiger partial charge in [0.05, 0.1) is 10.7 Å². The largest absolute Gasteiger partial charge is 0.479 e. The molecule has 6 nitrogen and oxygen atoms in total. The van der Waals surface area contributed by atoms with Gasteiger partial charge in [-0.2, -0.15) is 5.10 Å². The number of carbonyl (C=O) groups excluding carboxylic acids is 1. The maximum Gasteiger partial charge on any atom is 0.267 e. The molecule has 1 saturated heterocycles. The van der Waals surface area contributed by atoms with Crippen LogP contribution in [0, 0.1) is 5.92 Å². The summed E-state index contributed by atoms with van der Waals surface area (Å²) in [6.45, 7) is 3.72. The molecule has 1 unspecified atom stereocenters. The number of carbonyl (C=O) groups is 1. The molecule has 2 heterocycles. The summed E-state index contributed by atoms with van der Waals surface area (Å²) < 4.78 is 7.41. The number of piperidine rings is 1. The van der Waals surface area contributed by atoms with Crippen LogP contribution in [0.1, 0.15) is 43.9 Å². The number of amides is 1. The third-order valence-electron chi connectivity index (χ3n) is 6.12. The number of ether oxygens (including phenoxy) is 1. The zero-order valence-electron chi connectivity index (χ0n) is 17.3. The zero-order valence-corrected chi connectivity index (χ0v) is 18.1. The number of aromatic nitrogens is 2.